The first-order chi connectivity index (χ1) is 20.2. The molecule has 3 aromatic rings. The first kappa shape index (κ1) is 28.9. The molecule has 1 fully saturated rings. The molecule has 0 radical (unpaired) electrons. The molecule has 6 rings (SSSR count). The van der Waals surface area contributed by atoms with Gasteiger partial charge in [-0.3, -0.25) is 18.8 Å². The lowest BCUT2D eigenvalue weighted by molar-refractivity contribution is 0.0723. The number of para-hydroxylation sites is 1. The van der Waals surface area contributed by atoms with E-state index < -0.39 is 10.0 Å². The Kier molecular flexibility index (Phi) is 8.13. The second-order valence-electron chi connectivity index (χ2n) is 11.7. The fraction of sp³-hybridized carbons (Fsp3) is 0.438. The lowest BCUT2D eigenvalue weighted by Crippen LogP contribution is -2.38. The van der Waals surface area contributed by atoms with Crippen molar-refractivity contribution in [2.75, 3.05) is 35.8 Å². The number of hydrogen-bond acceptors (Lipinski definition) is 6. The Bertz CT molecular complexity index is 1590. The number of anilines is 2. The van der Waals surface area contributed by atoms with Crippen molar-refractivity contribution < 1.29 is 18.0 Å². The highest BCUT2D eigenvalue weighted by molar-refractivity contribution is 7.92. The van der Waals surface area contributed by atoms with E-state index in [1.807, 2.05) is 29.2 Å². The molecule has 8 nitrogen and oxygen atoms in total. The van der Waals surface area contributed by atoms with Crippen molar-refractivity contribution in [1.82, 2.24) is 9.80 Å². The summed E-state index contributed by atoms with van der Waals surface area (Å²) >= 11 is 1.49. The maximum Gasteiger partial charge on any atom is 0.264 e. The molecule has 0 saturated carbocycles. The molecule has 0 spiro atoms. The van der Waals surface area contributed by atoms with Crippen molar-refractivity contribution >= 4 is 43.9 Å². The Morgan fingerprint density at radius 3 is 2.36 bits per heavy atom. The summed E-state index contributed by atoms with van der Waals surface area (Å²) in [7, 11) is -3.77. The van der Waals surface area contributed by atoms with Crippen molar-refractivity contribution in [2.24, 2.45) is 0 Å². The molecule has 3 aliphatic rings. The van der Waals surface area contributed by atoms with Crippen LogP contribution < -0.4 is 9.62 Å². The molecular formula is C32H38N4O4S2. The van der Waals surface area contributed by atoms with E-state index in [4.69, 9.17) is 0 Å². The van der Waals surface area contributed by atoms with Crippen LogP contribution in [-0.4, -0.2) is 62.3 Å². The summed E-state index contributed by atoms with van der Waals surface area (Å²) in [6, 6.07) is 14.1. The number of thiophene rings is 1. The molecule has 0 bridgehead atoms. The van der Waals surface area contributed by atoms with Gasteiger partial charge in [0.25, 0.3) is 21.8 Å². The molecule has 10 heteroatoms. The number of carbonyl (C=O) groups is 2. The van der Waals surface area contributed by atoms with Crippen LogP contribution in [0.5, 0.6) is 0 Å². The summed E-state index contributed by atoms with van der Waals surface area (Å²) in [6.07, 6.45) is 5.52. The Balaban J connectivity index is 1.25. The second-order valence-corrected chi connectivity index (χ2v) is 14.6. The maximum atomic E-state index is 13.8. The van der Waals surface area contributed by atoms with Crippen LogP contribution in [0.1, 0.15) is 76.3 Å². The van der Waals surface area contributed by atoms with Gasteiger partial charge in [0.05, 0.1) is 16.1 Å². The minimum Gasteiger partial charge on any atom is -0.339 e. The van der Waals surface area contributed by atoms with Gasteiger partial charge >= 0.3 is 0 Å². The van der Waals surface area contributed by atoms with Crippen LogP contribution in [0, 0.1) is 0 Å². The molecular weight excluding hydrogens is 569 g/mol. The SMILES string of the molecule is CC(C)N1CCc2c(sc(NC(=O)c3ccc(S(=O)(=O)N4CCCc5ccccc54)cc3)c2C(=O)N2CCCCC2)C1. The van der Waals surface area contributed by atoms with Gasteiger partial charge in [-0.1, -0.05) is 18.2 Å². The molecule has 1 N–H and O–H groups in total. The molecule has 222 valence electrons. The zero-order valence-electron chi connectivity index (χ0n) is 24.3. The van der Waals surface area contributed by atoms with Crippen LogP contribution in [0.2, 0.25) is 0 Å². The van der Waals surface area contributed by atoms with Gasteiger partial charge in [0.2, 0.25) is 0 Å². The number of sulfonamides is 1. The van der Waals surface area contributed by atoms with Crippen molar-refractivity contribution in [3.05, 3.63) is 75.7 Å². The number of benzene rings is 2. The predicted molar refractivity (Wildman–Crippen MR) is 167 cm³/mol. The summed E-state index contributed by atoms with van der Waals surface area (Å²) in [4.78, 5) is 32.9. The zero-order valence-corrected chi connectivity index (χ0v) is 25.9. The number of piperidine rings is 1. The minimum atomic E-state index is -3.77. The Morgan fingerprint density at radius 1 is 0.881 bits per heavy atom. The average molecular weight is 607 g/mol. The minimum absolute atomic E-state index is 0.00347. The van der Waals surface area contributed by atoms with Crippen molar-refractivity contribution in [3.63, 3.8) is 0 Å². The van der Waals surface area contributed by atoms with Crippen LogP contribution in [0.25, 0.3) is 0 Å². The highest BCUT2D eigenvalue weighted by Crippen LogP contribution is 2.39. The standard InChI is InChI=1S/C32H38N4O4S2/c1-22(2)35-20-16-26-28(21-35)41-31(29(26)32(38)34-17-6-3-7-18-34)33-30(37)24-12-14-25(15-13-24)42(39,40)36-19-8-10-23-9-4-5-11-27(23)36/h4-5,9,11-15,22H,3,6-8,10,16-21H2,1-2H3,(H,33,37). The fourth-order valence-electron chi connectivity index (χ4n) is 6.26. The topological polar surface area (TPSA) is 90.0 Å². The zero-order chi connectivity index (χ0) is 29.4. The number of likely N-dealkylation sites (tertiary alicyclic amines) is 1. The van der Waals surface area contributed by atoms with Gasteiger partial charge in [-0.15, -0.1) is 11.3 Å². The van der Waals surface area contributed by atoms with Gasteiger partial charge in [-0.05, 0) is 93.8 Å². The number of amides is 2. The number of rotatable bonds is 6. The average Bonchev–Trinajstić information content (AvgIpc) is 3.37. The van der Waals surface area contributed by atoms with Crippen molar-refractivity contribution in [2.45, 2.75) is 69.9 Å². The van der Waals surface area contributed by atoms with Gasteiger partial charge < -0.3 is 10.2 Å². The van der Waals surface area contributed by atoms with Gasteiger partial charge in [0, 0.05) is 49.2 Å². The molecule has 1 saturated heterocycles. The largest absolute Gasteiger partial charge is 0.339 e. The quantitative estimate of drug-likeness (QED) is 0.398. The van der Waals surface area contributed by atoms with Crippen LogP contribution in [-0.2, 0) is 29.4 Å². The van der Waals surface area contributed by atoms with Crippen molar-refractivity contribution in [3.8, 4) is 0 Å². The molecule has 1 aromatic heterocycles. The number of aryl methyl sites for hydroxylation is 1. The van der Waals surface area contributed by atoms with Gasteiger partial charge in [0.1, 0.15) is 5.00 Å². The van der Waals surface area contributed by atoms with Gasteiger partial charge in [0.15, 0.2) is 0 Å². The number of fused-ring (bicyclic) bond motifs is 2. The molecule has 2 amide bonds. The summed E-state index contributed by atoms with van der Waals surface area (Å²) < 4.78 is 28.6. The van der Waals surface area contributed by atoms with E-state index in [1.54, 1.807) is 12.1 Å². The Hall–Kier alpha value is -3.21. The molecule has 4 heterocycles. The van der Waals surface area contributed by atoms with E-state index in [0.29, 0.717) is 34.4 Å². The molecule has 0 unspecified atom stereocenters. The van der Waals surface area contributed by atoms with E-state index in [2.05, 4.69) is 24.1 Å². The highest BCUT2D eigenvalue weighted by Gasteiger charge is 2.33. The highest BCUT2D eigenvalue weighted by atomic mass is 32.2. The molecule has 2 aromatic carbocycles. The third-order valence-corrected chi connectivity index (χ3v) is 11.6. The lowest BCUT2D eigenvalue weighted by atomic mass is 10.00. The molecule has 0 atom stereocenters. The fourth-order valence-corrected chi connectivity index (χ4v) is 9.06. The summed E-state index contributed by atoms with van der Waals surface area (Å²) in [6.45, 7) is 7.90. The number of nitrogens with one attached hydrogen (secondary N) is 1. The smallest absolute Gasteiger partial charge is 0.264 e. The van der Waals surface area contributed by atoms with Gasteiger partial charge in [-0.25, -0.2) is 8.42 Å². The van der Waals surface area contributed by atoms with Crippen molar-refractivity contribution in [1.29, 1.82) is 0 Å². The summed E-state index contributed by atoms with van der Waals surface area (Å²) in [5.41, 5.74) is 3.78. The van der Waals surface area contributed by atoms with Crippen LogP contribution >= 0.6 is 11.3 Å². The first-order valence-electron chi connectivity index (χ1n) is 14.9. The van der Waals surface area contributed by atoms with E-state index in [1.165, 1.54) is 27.8 Å². The predicted octanol–water partition coefficient (Wildman–Crippen LogP) is 5.53. The lowest BCUT2D eigenvalue weighted by Gasteiger charge is -2.31. The summed E-state index contributed by atoms with van der Waals surface area (Å²) in [5.74, 6) is -0.349. The number of nitrogens with zero attached hydrogens (tertiary/aromatic N) is 3. The van der Waals surface area contributed by atoms with Crippen LogP contribution in [0.4, 0.5) is 10.7 Å². The molecule has 42 heavy (non-hydrogen) atoms. The van der Waals surface area contributed by atoms with E-state index in [9.17, 15) is 18.0 Å². The van der Waals surface area contributed by atoms with E-state index in [-0.39, 0.29) is 16.7 Å². The Labute approximate surface area is 252 Å². The summed E-state index contributed by atoms with van der Waals surface area (Å²) in [5, 5.41) is 3.63. The Morgan fingerprint density at radius 2 is 1.62 bits per heavy atom. The monoisotopic (exact) mass is 606 g/mol. The first-order valence-corrected chi connectivity index (χ1v) is 17.2. The number of hydrogen-bond donors (Lipinski definition) is 1. The van der Waals surface area contributed by atoms with E-state index in [0.717, 1.165) is 80.7 Å². The normalized spacial score (nSPS) is 17.6. The maximum absolute atomic E-state index is 13.8. The number of carbonyl (C=O) groups excluding carboxylic acids is 2. The van der Waals surface area contributed by atoms with Gasteiger partial charge in [-0.2, -0.15) is 0 Å². The van der Waals surface area contributed by atoms with Crippen LogP contribution in [0.15, 0.2) is 53.4 Å². The third-order valence-electron chi connectivity index (χ3n) is 8.67. The molecule has 3 aliphatic heterocycles. The molecule has 0 aliphatic carbocycles. The van der Waals surface area contributed by atoms with E-state index >= 15 is 0 Å². The third kappa shape index (κ3) is 5.47. The van der Waals surface area contributed by atoms with Crippen LogP contribution in [0.3, 0.4) is 0 Å². The second kappa shape index (κ2) is 11.8.